The molecule has 1 atom stereocenters. The van der Waals surface area contributed by atoms with Crippen molar-refractivity contribution in [2.24, 2.45) is 5.73 Å². The summed E-state index contributed by atoms with van der Waals surface area (Å²) in [6.45, 7) is 2.12. The minimum absolute atomic E-state index is 0.129. The van der Waals surface area contributed by atoms with Gasteiger partial charge >= 0.3 is 5.97 Å². The molecule has 100 valence electrons. The average molecular weight is 253 g/mol. The van der Waals surface area contributed by atoms with E-state index in [1.165, 1.54) is 0 Å². The maximum Gasteiger partial charge on any atom is 0.307 e. The molecule has 0 saturated carbocycles. The molecule has 5 heteroatoms. The Morgan fingerprint density at radius 2 is 1.78 bits per heavy atom. The maximum absolute atomic E-state index is 11.4. The molecule has 0 fully saturated rings. The highest BCUT2D eigenvalue weighted by Crippen LogP contribution is 2.26. The fourth-order valence-corrected chi connectivity index (χ4v) is 1.56. The first kappa shape index (κ1) is 14.3. The van der Waals surface area contributed by atoms with E-state index < -0.39 is 6.04 Å². The van der Waals surface area contributed by atoms with Gasteiger partial charge in [0.2, 0.25) is 0 Å². The SMILES string of the molecule is CCOC(=O)C[C@@H](N)c1cc(OC)cc(OC)c1. The molecule has 0 bridgehead atoms. The predicted molar refractivity (Wildman–Crippen MR) is 67.7 cm³/mol. The van der Waals surface area contributed by atoms with Crippen molar-refractivity contribution in [3.63, 3.8) is 0 Å². The Bertz CT molecular complexity index is 384. The highest BCUT2D eigenvalue weighted by molar-refractivity contribution is 5.70. The topological polar surface area (TPSA) is 70.8 Å². The molecule has 0 spiro atoms. The number of esters is 1. The molecule has 0 aliphatic heterocycles. The van der Waals surface area contributed by atoms with Crippen LogP contribution in [0.3, 0.4) is 0 Å². The number of carbonyl (C=O) groups excluding carboxylic acids is 1. The van der Waals surface area contributed by atoms with E-state index >= 15 is 0 Å². The minimum atomic E-state index is -0.437. The van der Waals surface area contributed by atoms with Gasteiger partial charge in [0.05, 0.1) is 27.2 Å². The summed E-state index contributed by atoms with van der Waals surface area (Å²) in [6, 6.07) is 4.88. The Morgan fingerprint density at radius 3 is 2.22 bits per heavy atom. The summed E-state index contributed by atoms with van der Waals surface area (Å²) in [6.07, 6.45) is 0.129. The summed E-state index contributed by atoms with van der Waals surface area (Å²) >= 11 is 0. The largest absolute Gasteiger partial charge is 0.497 e. The molecule has 18 heavy (non-hydrogen) atoms. The van der Waals surface area contributed by atoms with Crippen LogP contribution in [0.25, 0.3) is 0 Å². The molecule has 0 radical (unpaired) electrons. The standard InChI is InChI=1S/C13H19NO4/c1-4-18-13(15)8-12(14)9-5-10(16-2)7-11(6-9)17-3/h5-7,12H,4,8,14H2,1-3H3/t12-/m1/s1. The van der Waals surface area contributed by atoms with Gasteiger partial charge in [-0.15, -0.1) is 0 Å². The first-order valence-electron chi connectivity index (χ1n) is 5.74. The third-order valence-electron chi connectivity index (χ3n) is 2.49. The second-order valence-electron chi connectivity index (χ2n) is 3.76. The van der Waals surface area contributed by atoms with Crippen LogP contribution in [0.2, 0.25) is 0 Å². The zero-order valence-corrected chi connectivity index (χ0v) is 10.9. The van der Waals surface area contributed by atoms with E-state index in [0.717, 1.165) is 5.56 Å². The summed E-state index contributed by atoms with van der Waals surface area (Å²) in [4.78, 5) is 11.4. The van der Waals surface area contributed by atoms with Crippen LogP contribution in [0.1, 0.15) is 24.9 Å². The molecule has 0 amide bonds. The smallest absolute Gasteiger partial charge is 0.307 e. The van der Waals surface area contributed by atoms with Crippen LogP contribution in [0.5, 0.6) is 11.5 Å². The Kier molecular flexibility index (Phi) is 5.45. The lowest BCUT2D eigenvalue weighted by atomic mass is 10.0. The Hall–Kier alpha value is -1.75. The first-order chi connectivity index (χ1) is 8.60. The highest BCUT2D eigenvalue weighted by Gasteiger charge is 2.14. The van der Waals surface area contributed by atoms with E-state index in [4.69, 9.17) is 19.9 Å². The summed E-state index contributed by atoms with van der Waals surface area (Å²) in [5, 5.41) is 0. The first-order valence-corrected chi connectivity index (χ1v) is 5.74. The van der Waals surface area contributed by atoms with E-state index in [-0.39, 0.29) is 12.4 Å². The molecule has 0 aliphatic carbocycles. The molecule has 5 nitrogen and oxygen atoms in total. The molecule has 1 rings (SSSR count). The van der Waals surface area contributed by atoms with Crippen molar-refractivity contribution in [1.82, 2.24) is 0 Å². The Balaban J connectivity index is 2.83. The van der Waals surface area contributed by atoms with Crippen LogP contribution >= 0.6 is 0 Å². The average Bonchev–Trinajstić information content (AvgIpc) is 2.38. The zero-order chi connectivity index (χ0) is 13.5. The second kappa shape index (κ2) is 6.86. The van der Waals surface area contributed by atoms with Gasteiger partial charge in [-0.25, -0.2) is 0 Å². The molecule has 2 N–H and O–H groups in total. The fraction of sp³-hybridized carbons (Fsp3) is 0.462. The molecule has 0 aliphatic rings. The number of nitrogens with two attached hydrogens (primary N) is 1. The molecule has 1 aromatic carbocycles. The van der Waals surface area contributed by atoms with Gasteiger partial charge in [0.25, 0.3) is 0 Å². The van der Waals surface area contributed by atoms with Gasteiger partial charge in [0, 0.05) is 12.1 Å². The molecular formula is C13H19NO4. The zero-order valence-electron chi connectivity index (χ0n) is 10.9. The summed E-state index contributed by atoms with van der Waals surface area (Å²) in [5.74, 6) is 0.971. The number of benzene rings is 1. The quantitative estimate of drug-likeness (QED) is 0.781. The van der Waals surface area contributed by atoms with Crippen LogP contribution in [-0.4, -0.2) is 26.8 Å². The van der Waals surface area contributed by atoms with Crippen molar-refractivity contribution in [2.45, 2.75) is 19.4 Å². The van der Waals surface area contributed by atoms with Gasteiger partial charge in [-0.3, -0.25) is 4.79 Å². The number of ether oxygens (including phenoxy) is 3. The van der Waals surface area contributed by atoms with E-state index in [0.29, 0.717) is 18.1 Å². The predicted octanol–water partition coefficient (Wildman–Crippen LogP) is 1.66. The van der Waals surface area contributed by atoms with E-state index in [2.05, 4.69) is 0 Å². The van der Waals surface area contributed by atoms with E-state index in [1.54, 1.807) is 39.3 Å². The third kappa shape index (κ3) is 3.92. The molecule has 0 aromatic heterocycles. The third-order valence-corrected chi connectivity index (χ3v) is 2.49. The Morgan fingerprint density at radius 1 is 1.22 bits per heavy atom. The van der Waals surface area contributed by atoms with Crippen molar-refractivity contribution in [3.8, 4) is 11.5 Å². The van der Waals surface area contributed by atoms with Crippen molar-refractivity contribution >= 4 is 5.97 Å². The van der Waals surface area contributed by atoms with Crippen LogP contribution in [0.4, 0.5) is 0 Å². The van der Waals surface area contributed by atoms with Crippen LogP contribution in [0.15, 0.2) is 18.2 Å². The van der Waals surface area contributed by atoms with Crippen molar-refractivity contribution < 1.29 is 19.0 Å². The number of hydrogen-bond donors (Lipinski definition) is 1. The monoisotopic (exact) mass is 253 g/mol. The highest BCUT2D eigenvalue weighted by atomic mass is 16.5. The fourth-order valence-electron chi connectivity index (χ4n) is 1.56. The van der Waals surface area contributed by atoms with Gasteiger partial charge in [-0.2, -0.15) is 0 Å². The number of methoxy groups -OCH3 is 2. The van der Waals surface area contributed by atoms with Gasteiger partial charge in [0.1, 0.15) is 11.5 Å². The molecule has 0 unspecified atom stereocenters. The van der Waals surface area contributed by atoms with Crippen molar-refractivity contribution in [3.05, 3.63) is 23.8 Å². The van der Waals surface area contributed by atoms with Crippen molar-refractivity contribution in [1.29, 1.82) is 0 Å². The van der Waals surface area contributed by atoms with Crippen molar-refractivity contribution in [2.75, 3.05) is 20.8 Å². The summed E-state index contributed by atoms with van der Waals surface area (Å²) in [7, 11) is 3.13. The number of rotatable bonds is 6. The summed E-state index contributed by atoms with van der Waals surface area (Å²) in [5.41, 5.74) is 6.74. The maximum atomic E-state index is 11.4. The molecule has 0 saturated heterocycles. The van der Waals surface area contributed by atoms with Crippen LogP contribution in [0, 0.1) is 0 Å². The van der Waals surface area contributed by atoms with Gasteiger partial charge in [-0.05, 0) is 24.6 Å². The molecular weight excluding hydrogens is 234 g/mol. The second-order valence-corrected chi connectivity index (χ2v) is 3.76. The van der Waals surface area contributed by atoms with Crippen LogP contribution in [-0.2, 0) is 9.53 Å². The normalized spacial score (nSPS) is 11.8. The molecule has 1 aromatic rings. The number of carbonyl (C=O) groups is 1. The number of hydrogen-bond acceptors (Lipinski definition) is 5. The minimum Gasteiger partial charge on any atom is -0.497 e. The molecule has 0 heterocycles. The lowest BCUT2D eigenvalue weighted by molar-refractivity contribution is -0.143. The van der Waals surface area contributed by atoms with Crippen LogP contribution < -0.4 is 15.2 Å². The van der Waals surface area contributed by atoms with Gasteiger partial charge < -0.3 is 19.9 Å². The van der Waals surface area contributed by atoms with E-state index in [9.17, 15) is 4.79 Å². The lowest BCUT2D eigenvalue weighted by Crippen LogP contribution is -2.17. The van der Waals surface area contributed by atoms with E-state index in [1.807, 2.05) is 0 Å². The van der Waals surface area contributed by atoms with Gasteiger partial charge in [-0.1, -0.05) is 0 Å². The van der Waals surface area contributed by atoms with Gasteiger partial charge in [0.15, 0.2) is 0 Å². The Labute approximate surface area is 107 Å². The lowest BCUT2D eigenvalue weighted by Gasteiger charge is -2.14. The summed E-state index contributed by atoms with van der Waals surface area (Å²) < 4.78 is 15.2.